The third-order valence-corrected chi connectivity index (χ3v) is 5.47. The molecule has 0 unspecified atom stereocenters. The Labute approximate surface area is 174 Å². The van der Waals surface area contributed by atoms with Gasteiger partial charge in [0, 0.05) is 26.2 Å². The van der Waals surface area contributed by atoms with Crippen LogP contribution in [0.2, 0.25) is 0 Å². The van der Waals surface area contributed by atoms with Gasteiger partial charge in [-0.1, -0.05) is 42.1 Å². The molecule has 8 heteroatoms. The van der Waals surface area contributed by atoms with E-state index in [1.54, 1.807) is 18.3 Å². The molecule has 29 heavy (non-hydrogen) atoms. The number of aryl methyl sites for hydroxylation is 1. The highest BCUT2D eigenvalue weighted by molar-refractivity contribution is 8.14. The molecule has 3 rings (SSSR count). The fourth-order valence-corrected chi connectivity index (χ4v) is 3.76. The van der Waals surface area contributed by atoms with Crippen molar-refractivity contribution in [1.82, 2.24) is 0 Å². The standard InChI is InChI=1S/C21H23N5O2S/c1-14-6-4-5-7-17(14)26-19(27)12-18(20(26)28)29-21(22)24-23-13-15-8-10-16(11-9-15)25(2)3/h4-11,13,18H,12H2,1-3H3,(H2,22,24)/b23-13-/t18-/m1/s1. The van der Waals surface area contributed by atoms with Crippen molar-refractivity contribution in [2.75, 3.05) is 23.9 Å². The molecule has 0 spiro atoms. The summed E-state index contributed by atoms with van der Waals surface area (Å²) < 4.78 is 0. The summed E-state index contributed by atoms with van der Waals surface area (Å²) in [7, 11) is 3.95. The molecule has 1 saturated heterocycles. The van der Waals surface area contributed by atoms with E-state index < -0.39 is 5.25 Å². The van der Waals surface area contributed by atoms with Crippen molar-refractivity contribution < 1.29 is 9.59 Å². The quantitative estimate of drug-likeness (QED) is 0.355. The number of amides is 2. The number of hydrogen-bond acceptors (Lipinski definition) is 6. The van der Waals surface area contributed by atoms with Crippen molar-refractivity contribution in [3.05, 3.63) is 59.7 Å². The fourth-order valence-electron chi connectivity index (χ4n) is 2.94. The van der Waals surface area contributed by atoms with Gasteiger partial charge in [0.25, 0.3) is 0 Å². The molecule has 0 radical (unpaired) electrons. The first-order valence-corrected chi connectivity index (χ1v) is 9.97. The molecule has 2 N–H and O–H groups in total. The number of rotatable bonds is 5. The minimum Gasteiger partial charge on any atom is -0.378 e. The second kappa shape index (κ2) is 8.91. The Morgan fingerprint density at radius 3 is 2.52 bits per heavy atom. The van der Waals surface area contributed by atoms with Crippen LogP contribution in [-0.4, -0.2) is 42.5 Å². The van der Waals surface area contributed by atoms with Crippen molar-refractivity contribution in [2.45, 2.75) is 18.6 Å². The maximum absolute atomic E-state index is 12.7. The molecule has 150 valence electrons. The molecule has 0 aliphatic carbocycles. The number of imide groups is 1. The van der Waals surface area contributed by atoms with Crippen LogP contribution in [0.4, 0.5) is 11.4 Å². The maximum Gasteiger partial charge on any atom is 0.247 e. The molecule has 2 aromatic rings. The third-order valence-electron chi connectivity index (χ3n) is 4.50. The van der Waals surface area contributed by atoms with Gasteiger partial charge in [-0.15, -0.1) is 5.10 Å². The van der Waals surface area contributed by atoms with Crippen molar-refractivity contribution in [3.63, 3.8) is 0 Å². The molecule has 7 nitrogen and oxygen atoms in total. The van der Waals surface area contributed by atoms with Crippen molar-refractivity contribution in [2.24, 2.45) is 15.9 Å². The number of carbonyl (C=O) groups is 2. The number of thioether (sulfide) groups is 1. The lowest BCUT2D eigenvalue weighted by atomic mass is 10.2. The van der Waals surface area contributed by atoms with Gasteiger partial charge in [0.15, 0.2) is 5.17 Å². The summed E-state index contributed by atoms with van der Waals surface area (Å²) in [6.07, 6.45) is 1.68. The number of carbonyl (C=O) groups excluding carboxylic acids is 2. The van der Waals surface area contributed by atoms with Gasteiger partial charge in [-0.2, -0.15) is 5.10 Å². The minimum absolute atomic E-state index is 0.0871. The van der Waals surface area contributed by atoms with E-state index in [0.717, 1.165) is 28.6 Å². The highest BCUT2D eigenvalue weighted by Crippen LogP contribution is 2.31. The summed E-state index contributed by atoms with van der Waals surface area (Å²) in [5, 5.41) is 7.48. The van der Waals surface area contributed by atoms with Gasteiger partial charge in [-0.05, 0) is 36.2 Å². The first-order chi connectivity index (χ1) is 13.9. The van der Waals surface area contributed by atoms with Crippen molar-refractivity contribution in [1.29, 1.82) is 0 Å². The number of para-hydroxylation sites is 1. The van der Waals surface area contributed by atoms with E-state index >= 15 is 0 Å². The van der Waals surface area contributed by atoms with E-state index in [0.29, 0.717) is 5.69 Å². The molecule has 1 aliphatic rings. The lowest BCUT2D eigenvalue weighted by Gasteiger charge is -2.16. The van der Waals surface area contributed by atoms with Crippen LogP contribution < -0.4 is 15.5 Å². The van der Waals surface area contributed by atoms with Crippen LogP contribution in [0.15, 0.2) is 58.7 Å². The van der Waals surface area contributed by atoms with Gasteiger partial charge in [0.2, 0.25) is 11.8 Å². The van der Waals surface area contributed by atoms with Crippen LogP contribution in [0.5, 0.6) is 0 Å². The minimum atomic E-state index is -0.597. The van der Waals surface area contributed by atoms with Gasteiger partial charge in [-0.25, -0.2) is 4.90 Å². The van der Waals surface area contributed by atoms with E-state index in [-0.39, 0.29) is 23.4 Å². The zero-order valence-corrected chi connectivity index (χ0v) is 17.4. The molecule has 0 aromatic heterocycles. The second-order valence-electron chi connectivity index (χ2n) is 6.83. The Morgan fingerprint density at radius 1 is 1.17 bits per heavy atom. The van der Waals surface area contributed by atoms with Crippen LogP contribution in [0, 0.1) is 6.92 Å². The van der Waals surface area contributed by atoms with Gasteiger partial charge >= 0.3 is 0 Å². The summed E-state index contributed by atoms with van der Waals surface area (Å²) in [4.78, 5) is 28.3. The predicted molar refractivity (Wildman–Crippen MR) is 120 cm³/mol. The molecular formula is C21H23N5O2S. The Bertz CT molecular complexity index is 969. The van der Waals surface area contributed by atoms with Gasteiger partial charge in [0.1, 0.15) is 5.25 Å². The summed E-state index contributed by atoms with van der Waals surface area (Å²) in [5.41, 5.74) is 9.36. The number of amidine groups is 1. The van der Waals surface area contributed by atoms with Crippen LogP contribution >= 0.6 is 11.8 Å². The molecular weight excluding hydrogens is 386 g/mol. The first kappa shape index (κ1) is 20.6. The zero-order valence-electron chi connectivity index (χ0n) is 16.6. The summed E-state index contributed by atoms with van der Waals surface area (Å²) in [6, 6.07) is 15.1. The Morgan fingerprint density at radius 2 is 1.86 bits per heavy atom. The average molecular weight is 410 g/mol. The third kappa shape index (κ3) is 4.83. The van der Waals surface area contributed by atoms with E-state index in [9.17, 15) is 9.59 Å². The normalized spacial score (nSPS) is 17.4. The fraction of sp³-hybridized carbons (Fsp3) is 0.238. The van der Waals surface area contributed by atoms with Crippen LogP contribution in [0.25, 0.3) is 0 Å². The largest absolute Gasteiger partial charge is 0.378 e. The Balaban J connectivity index is 1.64. The molecule has 2 amide bonds. The van der Waals surface area contributed by atoms with Crippen LogP contribution in [-0.2, 0) is 9.59 Å². The molecule has 1 fully saturated rings. The van der Waals surface area contributed by atoms with Crippen LogP contribution in [0.3, 0.4) is 0 Å². The summed E-state index contributed by atoms with van der Waals surface area (Å²) in [6.45, 7) is 1.87. The number of nitrogens with zero attached hydrogens (tertiary/aromatic N) is 4. The second-order valence-corrected chi connectivity index (χ2v) is 8.06. The highest BCUT2D eigenvalue weighted by Gasteiger charge is 2.41. The molecule has 0 saturated carbocycles. The topological polar surface area (TPSA) is 91.4 Å². The predicted octanol–water partition coefficient (Wildman–Crippen LogP) is 2.77. The zero-order chi connectivity index (χ0) is 21.0. The van der Waals surface area contributed by atoms with Crippen LogP contribution in [0.1, 0.15) is 17.5 Å². The van der Waals surface area contributed by atoms with Gasteiger partial charge in [0.05, 0.1) is 11.9 Å². The van der Waals surface area contributed by atoms with Gasteiger partial charge < -0.3 is 10.6 Å². The number of nitrogens with two attached hydrogens (primary N) is 1. The van der Waals surface area contributed by atoms with Crippen molar-refractivity contribution >= 4 is 46.3 Å². The average Bonchev–Trinajstić information content (AvgIpc) is 2.96. The molecule has 0 bridgehead atoms. The first-order valence-electron chi connectivity index (χ1n) is 9.10. The number of hydrogen-bond donors (Lipinski definition) is 1. The molecule has 1 aliphatic heterocycles. The maximum atomic E-state index is 12.7. The lowest BCUT2D eigenvalue weighted by Crippen LogP contribution is -2.32. The van der Waals surface area contributed by atoms with E-state index in [1.165, 1.54) is 4.90 Å². The van der Waals surface area contributed by atoms with E-state index in [4.69, 9.17) is 5.73 Å². The van der Waals surface area contributed by atoms with E-state index in [1.807, 2.05) is 62.3 Å². The van der Waals surface area contributed by atoms with Gasteiger partial charge in [-0.3, -0.25) is 9.59 Å². The highest BCUT2D eigenvalue weighted by atomic mass is 32.2. The monoisotopic (exact) mass is 409 g/mol. The Hall–Kier alpha value is -3.13. The molecule has 1 atom stereocenters. The number of benzene rings is 2. The molecule has 2 aromatic carbocycles. The van der Waals surface area contributed by atoms with Crippen molar-refractivity contribution in [3.8, 4) is 0 Å². The summed E-state index contributed by atoms with van der Waals surface area (Å²) >= 11 is 1.06. The summed E-state index contributed by atoms with van der Waals surface area (Å²) in [5.74, 6) is -0.519. The number of anilines is 2. The lowest BCUT2D eigenvalue weighted by molar-refractivity contribution is -0.121. The SMILES string of the molecule is Cc1ccccc1N1C(=O)C[C@@H](SC(N)=N/N=C\c2ccc(N(C)C)cc2)C1=O. The smallest absolute Gasteiger partial charge is 0.247 e. The van der Waals surface area contributed by atoms with E-state index in [2.05, 4.69) is 10.2 Å². The molecule has 1 heterocycles. The Kier molecular flexibility index (Phi) is 6.33.